The number of sulfonamides is 1. The van der Waals surface area contributed by atoms with Gasteiger partial charge in [-0.2, -0.15) is 4.72 Å². The molecule has 1 atom stereocenters. The first-order valence-electron chi connectivity index (χ1n) is 8.08. The van der Waals surface area contributed by atoms with E-state index in [2.05, 4.69) is 9.70 Å². The predicted molar refractivity (Wildman–Crippen MR) is 100 cm³/mol. The van der Waals surface area contributed by atoms with E-state index in [4.69, 9.17) is 0 Å². The summed E-state index contributed by atoms with van der Waals surface area (Å²) in [5.74, 6) is -0.204. The van der Waals surface area contributed by atoms with Crippen molar-refractivity contribution in [3.63, 3.8) is 0 Å². The van der Waals surface area contributed by atoms with Crippen LogP contribution in [-0.4, -0.2) is 13.5 Å². The van der Waals surface area contributed by atoms with Gasteiger partial charge in [-0.05, 0) is 17.7 Å². The Hall–Kier alpha value is -2.69. The second-order valence-corrected chi connectivity index (χ2v) is 8.58. The molecule has 0 aromatic heterocycles. The summed E-state index contributed by atoms with van der Waals surface area (Å²) in [6.45, 7) is 5.21. The van der Waals surface area contributed by atoms with Crippen LogP contribution in [-0.2, 0) is 10.0 Å². The van der Waals surface area contributed by atoms with E-state index in [1.165, 1.54) is 12.1 Å². The van der Waals surface area contributed by atoms with E-state index in [0.717, 1.165) is 0 Å². The van der Waals surface area contributed by atoms with Gasteiger partial charge in [-0.1, -0.05) is 69.3 Å². The quantitative estimate of drug-likeness (QED) is 0.602. The van der Waals surface area contributed by atoms with Crippen LogP contribution in [0.5, 0.6) is 0 Å². The van der Waals surface area contributed by atoms with Gasteiger partial charge in [0.05, 0.1) is 4.90 Å². The minimum Gasteiger partial charge on any atom is -0.505 e. The van der Waals surface area contributed by atoms with E-state index in [1.54, 1.807) is 69.3 Å². The molecule has 0 saturated carbocycles. The van der Waals surface area contributed by atoms with Gasteiger partial charge in [0, 0.05) is 5.41 Å². The summed E-state index contributed by atoms with van der Waals surface area (Å²) in [7, 11) is -3.91. The van der Waals surface area contributed by atoms with Gasteiger partial charge in [-0.3, -0.25) is 0 Å². The largest absolute Gasteiger partial charge is 0.505 e. The Morgan fingerprint density at radius 1 is 1.04 bits per heavy atom. The zero-order chi connectivity index (χ0) is 19.4. The van der Waals surface area contributed by atoms with Crippen LogP contribution in [0.25, 0.3) is 4.98 Å². The van der Waals surface area contributed by atoms with E-state index in [1.807, 2.05) is 0 Å². The van der Waals surface area contributed by atoms with Crippen molar-refractivity contribution in [1.82, 2.24) is 4.72 Å². The van der Waals surface area contributed by atoms with E-state index >= 15 is 0 Å². The van der Waals surface area contributed by atoms with Gasteiger partial charge in [-0.15, -0.1) is 0 Å². The molecule has 0 spiro atoms. The maximum atomic E-state index is 12.8. The Kier molecular flexibility index (Phi) is 5.80. The molecule has 0 saturated heterocycles. The average molecular weight is 372 g/mol. The van der Waals surface area contributed by atoms with Gasteiger partial charge in [0.2, 0.25) is 15.4 Å². The highest BCUT2D eigenvalue weighted by atomic mass is 32.2. The monoisotopic (exact) mass is 372 g/mol. The summed E-state index contributed by atoms with van der Waals surface area (Å²) in [4.78, 5) is 3.29. The molecule has 0 radical (unpaired) electrons. The van der Waals surface area contributed by atoms with Crippen LogP contribution in [0.4, 0.5) is 0 Å². The number of nitrogens with zero attached hydrogens (tertiary/aromatic N) is 2. The van der Waals surface area contributed by atoms with Crippen LogP contribution in [0.2, 0.25) is 0 Å². The standard InChI is InChI=1S/C19H21N3O3S/c1-19(2,3)18(23)17(21-20)16(14-10-6-4-7-11-14)22-26(24,25)15-12-8-5-9-13-15/h4-13,16,22H,1-3H3/p+1/b18-17+. The maximum Gasteiger partial charge on any atom is 0.420 e. The lowest BCUT2D eigenvalue weighted by molar-refractivity contribution is 0.269. The first-order valence-corrected chi connectivity index (χ1v) is 9.56. The molecule has 1 unspecified atom stereocenters. The van der Waals surface area contributed by atoms with E-state index in [-0.39, 0.29) is 16.4 Å². The average Bonchev–Trinajstić information content (AvgIpc) is 2.62. The first-order chi connectivity index (χ1) is 12.2. The number of rotatable bonds is 5. The fraction of sp³-hybridized carbons (Fsp3) is 0.263. The SMILES string of the molecule is CC(C)(C)/C(O)=C(\[N+]#N)C(NS(=O)(=O)c1ccccc1)c1ccccc1. The van der Waals surface area contributed by atoms with Crippen LogP contribution in [0.15, 0.2) is 77.0 Å². The molecule has 136 valence electrons. The molecule has 0 heterocycles. The number of aliphatic hydroxyl groups is 1. The molecule has 0 aliphatic carbocycles. The molecular weight excluding hydrogens is 350 g/mol. The molecule has 7 heteroatoms. The molecule has 0 bridgehead atoms. The molecule has 26 heavy (non-hydrogen) atoms. The number of hydrogen-bond donors (Lipinski definition) is 2. The highest BCUT2D eigenvalue weighted by Crippen LogP contribution is 2.34. The highest BCUT2D eigenvalue weighted by Gasteiger charge is 2.39. The smallest absolute Gasteiger partial charge is 0.420 e. The molecule has 2 N–H and O–H groups in total. The number of nitrogens with one attached hydrogen (secondary N) is 1. The summed E-state index contributed by atoms with van der Waals surface area (Å²) < 4.78 is 28.1. The summed E-state index contributed by atoms with van der Waals surface area (Å²) in [6.07, 6.45) is 0. The van der Waals surface area contributed by atoms with E-state index in [9.17, 15) is 18.9 Å². The Morgan fingerprint density at radius 3 is 2.00 bits per heavy atom. The molecule has 0 fully saturated rings. The molecule has 0 aliphatic heterocycles. The molecule has 2 aromatic rings. The lowest BCUT2D eigenvalue weighted by Crippen LogP contribution is -2.31. The Balaban J connectivity index is 2.59. The van der Waals surface area contributed by atoms with Crippen LogP contribution in [0.3, 0.4) is 0 Å². The summed E-state index contributed by atoms with van der Waals surface area (Å²) in [5.41, 5.74) is -0.342. The zero-order valence-corrected chi connectivity index (χ0v) is 15.7. The minimum atomic E-state index is -3.91. The fourth-order valence-corrected chi connectivity index (χ4v) is 3.59. The number of allylic oxidation sites excluding steroid dienone is 1. The van der Waals surface area contributed by atoms with Crippen molar-refractivity contribution < 1.29 is 13.5 Å². The number of benzene rings is 2. The lowest BCUT2D eigenvalue weighted by Gasteiger charge is -2.19. The minimum absolute atomic E-state index is 0.0773. The Labute approximate surface area is 153 Å². The molecule has 2 rings (SSSR count). The topological polar surface area (TPSA) is 94.5 Å². The molecule has 0 amide bonds. The van der Waals surface area contributed by atoms with Gasteiger partial charge >= 0.3 is 5.70 Å². The van der Waals surface area contributed by atoms with E-state index < -0.39 is 21.5 Å². The van der Waals surface area contributed by atoms with Crippen LogP contribution >= 0.6 is 0 Å². The number of diazo groups is 1. The Bertz CT molecular complexity index is 925. The van der Waals surface area contributed by atoms with Crippen molar-refractivity contribution in [2.24, 2.45) is 5.41 Å². The lowest BCUT2D eigenvalue weighted by atomic mass is 9.90. The third-order valence-electron chi connectivity index (χ3n) is 3.79. The number of hydrogen-bond acceptors (Lipinski definition) is 4. The van der Waals surface area contributed by atoms with Gasteiger partial charge in [0.15, 0.2) is 16.8 Å². The van der Waals surface area contributed by atoms with Gasteiger partial charge in [0.25, 0.3) is 0 Å². The van der Waals surface area contributed by atoms with Crippen molar-refractivity contribution in [3.05, 3.63) is 82.7 Å². The summed E-state index contributed by atoms with van der Waals surface area (Å²) in [5, 5.41) is 20.1. The third kappa shape index (κ3) is 4.48. The highest BCUT2D eigenvalue weighted by molar-refractivity contribution is 7.89. The van der Waals surface area contributed by atoms with Crippen LogP contribution in [0, 0.1) is 10.8 Å². The summed E-state index contributed by atoms with van der Waals surface area (Å²) >= 11 is 0. The zero-order valence-electron chi connectivity index (χ0n) is 14.9. The van der Waals surface area contributed by atoms with E-state index in [0.29, 0.717) is 5.56 Å². The predicted octanol–water partition coefficient (Wildman–Crippen LogP) is 4.37. The summed E-state index contributed by atoms with van der Waals surface area (Å²) in [6, 6.07) is 15.5. The van der Waals surface area contributed by atoms with Crippen molar-refractivity contribution in [3.8, 4) is 0 Å². The third-order valence-corrected chi connectivity index (χ3v) is 5.23. The van der Waals surface area contributed by atoms with Crippen molar-refractivity contribution in [2.75, 3.05) is 0 Å². The van der Waals surface area contributed by atoms with Crippen LogP contribution in [0.1, 0.15) is 32.4 Å². The second kappa shape index (κ2) is 7.68. The second-order valence-electron chi connectivity index (χ2n) is 6.86. The molecule has 6 nitrogen and oxygen atoms in total. The van der Waals surface area contributed by atoms with Crippen molar-refractivity contribution >= 4 is 10.0 Å². The normalized spacial score (nSPS) is 14.2. The fourth-order valence-electron chi connectivity index (χ4n) is 2.38. The maximum absolute atomic E-state index is 12.8. The van der Waals surface area contributed by atoms with Crippen molar-refractivity contribution in [2.45, 2.75) is 31.7 Å². The molecule has 2 aromatic carbocycles. The van der Waals surface area contributed by atoms with Crippen molar-refractivity contribution in [1.29, 1.82) is 5.39 Å². The Morgan fingerprint density at radius 2 is 1.54 bits per heavy atom. The molecular formula is C19H22N3O3S+. The van der Waals surface area contributed by atoms with Gasteiger partial charge in [0.1, 0.15) is 0 Å². The number of aliphatic hydroxyl groups excluding tert-OH is 1. The van der Waals surface area contributed by atoms with Crippen LogP contribution < -0.4 is 4.72 Å². The van der Waals surface area contributed by atoms with Gasteiger partial charge in [-0.25, -0.2) is 8.42 Å². The first kappa shape index (κ1) is 19.6. The molecule has 0 aliphatic rings. The van der Waals surface area contributed by atoms with Gasteiger partial charge < -0.3 is 5.11 Å².